The zero-order valence-corrected chi connectivity index (χ0v) is 23.6. The number of aromatic nitrogens is 3. The molecule has 1 saturated carbocycles. The van der Waals surface area contributed by atoms with Crippen molar-refractivity contribution in [3.63, 3.8) is 0 Å². The van der Waals surface area contributed by atoms with Gasteiger partial charge in [-0.1, -0.05) is 11.2 Å². The van der Waals surface area contributed by atoms with Gasteiger partial charge in [-0.05, 0) is 56.1 Å². The first-order chi connectivity index (χ1) is 20.2. The fourth-order valence-electron chi connectivity index (χ4n) is 5.44. The standard InChI is InChI=1S/C28H30F4N6O3S/c1-40-15-27(8-9-27)23-6-5-22(42-23)26(39)34-13-24-36-25(37-41-24)21-11-16-18(35-19-7-10-33-12-17(19)29)3-2-4-20(16)38(21)14-28(30,31)32/h2-6,11,17,19,33,35H,7-10,12-15H2,1H3,(H,34,39)/t17-,19+/m0/s1. The van der Waals surface area contributed by atoms with Gasteiger partial charge in [0.2, 0.25) is 11.7 Å². The number of alkyl halides is 4. The number of rotatable bonds is 10. The van der Waals surface area contributed by atoms with E-state index in [1.165, 1.54) is 11.3 Å². The number of nitrogens with one attached hydrogen (secondary N) is 3. The molecule has 1 aliphatic heterocycles. The second-order valence-corrected chi connectivity index (χ2v) is 11.9. The Kier molecular flexibility index (Phi) is 7.70. The van der Waals surface area contributed by atoms with Gasteiger partial charge in [0.15, 0.2) is 0 Å². The Morgan fingerprint density at radius 1 is 1.29 bits per heavy atom. The molecule has 14 heteroatoms. The molecule has 42 heavy (non-hydrogen) atoms. The number of halogens is 4. The molecular weight excluding hydrogens is 576 g/mol. The highest BCUT2D eigenvalue weighted by Gasteiger charge is 2.45. The molecule has 2 atom stereocenters. The van der Waals surface area contributed by atoms with Gasteiger partial charge in [0, 0.05) is 35.0 Å². The molecule has 2 aliphatic rings. The number of piperidine rings is 1. The van der Waals surface area contributed by atoms with E-state index in [0.29, 0.717) is 41.0 Å². The quantitative estimate of drug-likeness (QED) is 0.217. The molecule has 0 bridgehead atoms. The molecule has 1 aromatic carbocycles. The van der Waals surface area contributed by atoms with E-state index in [1.807, 2.05) is 6.07 Å². The van der Waals surface area contributed by atoms with E-state index >= 15 is 0 Å². The summed E-state index contributed by atoms with van der Waals surface area (Å²) in [7, 11) is 1.66. The minimum atomic E-state index is -4.52. The molecule has 2 fully saturated rings. The lowest BCUT2D eigenvalue weighted by Crippen LogP contribution is -2.45. The van der Waals surface area contributed by atoms with Gasteiger partial charge in [0.1, 0.15) is 12.7 Å². The van der Waals surface area contributed by atoms with Crippen LogP contribution in [-0.2, 0) is 23.2 Å². The lowest BCUT2D eigenvalue weighted by molar-refractivity contribution is -0.139. The number of anilines is 1. The molecule has 4 aromatic rings. The largest absolute Gasteiger partial charge is 0.406 e. The molecule has 0 radical (unpaired) electrons. The normalized spacial score (nSPS) is 20.1. The van der Waals surface area contributed by atoms with E-state index in [-0.39, 0.29) is 41.8 Å². The minimum absolute atomic E-state index is 0.00914. The Balaban J connectivity index is 1.22. The van der Waals surface area contributed by atoms with E-state index in [2.05, 4.69) is 26.1 Å². The zero-order chi connectivity index (χ0) is 29.5. The third kappa shape index (κ3) is 5.88. The van der Waals surface area contributed by atoms with Gasteiger partial charge in [-0.25, -0.2) is 4.39 Å². The van der Waals surface area contributed by atoms with E-state index < -0.39 is 24.9 Å². The summed E-state index contributed by atoms with van der Waals surface area (Å²) < 4.78 is 67.2. The lowest BCUT2D eigenvalue weighted by Gasteiger charge is -2.28. The number of carbonyl (C=O) groups is 1. The first kappa shape index (κ1) is 28.6. The van der Waals surface area contributed by atoms with Crippen molar-refractivity contribution in [2.75, 3.05) is 32.1 Å². The maximum atomic E-state index is 14.5. The van der Waals surface area contributed by atoms with Crippen molar-refractivity contribution < 1.29 is 31.6 Å². The minimum Gasteiger partial charge on any atom is -0.384 e. The predicted octanol–water partition coefficient (Wildman–Crippen LogP) is 5.04. The third-order valence-electron chi connectivity index (χ3n) is 7.76. The van der Waals surface area contributed by atoms with Crippen LogP contribution in [0.3, 0.4) is 0 Å². The molecule has 0 spiro atoms. The van der Waals surface area contributed by atoms with Crippen LogP contribution in [0.5, 0.6) is 0 Å². The van der Waals surface area contributed by atoms with Crippen LogP contribution in [0, 0.1) is 0 Å². The number of thiophene rings is 1. The zero-order valence-electron chi connectivity index (χ0n) is 22.8. The highest BCUT2D eigenvalue weighted by Crippen LogP contribution is 2.50. The van der Waals surface area contributed by atoms with Crippen LogP contribution in [0.15, 0.2) is 40.9 Å². The van der Waals surface area contributed by atoms with Crippen LogP contribution < -0.4 is 16.0 Å². The van der Waals surface area contributed by atoms with Gasteiger partial charge in [0.05, 0.1) is 35.3 Å². The van der Waals surface area contributed by atoms with Crippen LogP contribution in [0.25, 0.3) is 22.4 Å². The molecule has 1 amide bonds. The molecule has 6 rings (SSSR count). The van der Waals surface area contributed by atoms with Crippen LogP contribution in [-0.4, -0.2) is 65.8 Å². The van der Waals surface area contributed by atoms with Crippen molar-refractivity contribution in [1.82, 2.24) is 25.3 Å². The second-order valence-electron chi connectivity index (χ2n) is 10.8. The number of ether oxygens (including phenoxy) is 1. The Labute approximate surface area is 242 Å². The molecule has 3 aromatic heterocycles. The molecular formula is C28H30F4N6O3S. The number of hydrogen-bond acceptors (Lipinski definition) is 8. The second kappa shape index (κ2) is 11.3. The molecule has 224 valence electrons. The monoisotopic (exact) mass is 606 g/mol. The van der Waals surface area contributed by atoms with Gasteiger partial charge in [-0.2, -0.15) is 18.2 Å². The summed E-state index contributed by atoms with van der Waals surface area (Å²) in [4.78, 5) is 18.7. The van der Waals surface area contributed by atoms with E-state index in [1.54, 1.807) is 37.4 Å². The van der Waals surface area contributed by atoms with Crippen molar-refractivity contribution in [3.05, 3.63) is 52.0 Å². The van der Waals surface area contributed by atoms with Crippen LogP contribution in [0.2, 0.25) is 0 Å². The van der Waals surface area contributed by atoms with Crippen LogP contribution >= 0.6 is 11.3 Å². The van der Waals surface area contributed by atoms with E-state index in [0.717, 1.165) is 22.3 Å². The number of benzene rings is 1. The smallest absolute Gasteiger partial charge is 0.384 e. The van der Waals surface area contributed by atoms with E-state index in [9.17, 15) is 22.4 Å². The predicted molar refractivity (Wildman–Crippen MR) is 149 cm³/mol. The van der Waals surface area contributed by atoms with Gasteiger partial charge in [0.25, 0.3) is 5.91 Å². The summed E-state index contributed by atoms with van der Waals surface area (Å²) >= 11 is 1.41. The molecule has 1 saturated heterocycles. The molecule has 9 nitrogen and oxygen atoms in total. The van der Waals surface area contributed by atoms with Crippen molar-refractivity contribution in [3.8, 4) is 11.5 Å². The first-order valence-electron chi connectivity index (χ1n) is 13.7. The van der Waals surface area contributed by atoms with E-state index in [4.69, 9.17) is 9.26 Å². The van der Waals surface area contributed by atoms with Crippen molar-refractivity contribution >= 4 is 33.8 Å². The van der Waals surface area contributed by atoms with Gasteiger partial charge in [-0.3, -0.25) is 4.79 Å². The highest BCUT2D eigenvalue weighted by molar-refractivity contribution is 7.14. The van der Waals surface area contributed by atoms with Crippen molar-refractivity contribution in [2.24, 2.45) is 0 Å². The maximum absolute atomic E-state index is 14.5. The number of hydrogen-bond donors (Lipinski definition) is 3. The lowest BCUT2D eigenvalue weighted by atomic mass is 10.0. The van der Waals surface area contributed by atoms with Crippen molar-refractivity contribution in [2.45, 2.75) is 56.2 Å². The average molecular weight is 607 g/mol. The Morgan fingerprint density at radius 3 is 2.86 bits per heavy atom. The number of nitrogens with zero attached hydrogens (tertiary/aromatic N) is 3. The average Bonchev–Trinajstić information content (AvgIpc) is 3.30. The highest BCUT2D eigenvalue weighted by atomic mass is 32.1. The van der Waals surface area contributed by atoms with Gasteiger partial charge >= 0.3 is 6.18 Å². The van der Waals surface area contributed by atoms with Crippen LogP contribution in [0.1, 0.15) is 39.7 Å². The third-order valence-corrected chi connectivity index (χ3v) is 9.09. The molecule has 0 unspecified atom stereocenters. The first-order valence-corrected chi connectivity index (χ1v) is 14.5. The number of carbonyl (C=O) groups excluding carboxylic acids is 1. The fraction of sp³-hybridized carbons (Fsp3) is 0.464. The Bertz CT molecular complexity index is 1580. The SMILES string of the molecule is COCC1(c2ccc(C(=O)NCc3nc(-c4cc5c(N[C@@H]6CCNC[C@@H]6F)cccc5n4CC(F)(F)F)no3)s2)CC1. The van der Waals surface area contributed by atoms with Gasteiger partial charge in [-0.15, -0.1) is 11.3 Å². The number of amides is 1. The fourth-order valence-corrected chi connectivity index (χ4v) is 6.59. The summed E-state index contributed by atoms with van der Waals surface area (Å²) in [5.41, 5.74) is 0.904. The maximum Gasteiger partial charge on any atom is 0.406 e. The topological polar surface area (TPSA) is 106 Å². The number of methoxy groups -OCH3 is 1. The summed E-state index contributed by atoms with van der Waals surface area (Å²) in [5, 5.41) is 13.3. The Hall–Kier alpha value is -3.49. The Morgan fingerprint density at radius 2 is 2.12 bits per heavy atom. The molecule has 1 aliphatic carbocycles. The van der Waals surface area contributed by atoms with Crippen molar-refractivity contribution in [1.29, 1.82) is 0 Å². The van der Waals surface area contributed by atoms with Gasteiger partial charge < -0.3 is 29.8 Å². The summed E-state index contributed by atoms with van der Waals surface area (Å²) in [6, 6.07) is 9.69. The summed E-state index contributed by atoms with van der Waals surface area (Å²) in [6.45, 7) is 0.0794. The summed E-state index contributed by atoms with van der Waals surface area (Å²) in [6.07, 6.45) is -3.09. The number of fused-ring (bicyclic) bond motifs is 1. The van der Waals surface area contributed by atoms with Crippen LogP contribution in [0.4, 0.5) is 23.2 Å². The molecule has 3 N–H and O–H groups in total. The molecule has 4 heterocycles. The summed E-state index contributed by atoms with van der Waals surface area (Å²) in [5.74, 6) is -0.319.